The van der Waals surface area contributed by atoms with Crippen LogP contribution in [0, 0.1) is 5.92 Å². The second-order valence-electron chi connectivity index (χ2n) is 6.94. The maximum absolute atomic E-state index is 11.6. The number of hydrogen-bond donors (Lipinski definition) is 0. The Balaban J connectivity index is 0.000000148. The molecular formula is C22H16Cl6O4. The van der Waals surface area contributed by atoms with E-state index in [0.29, 0.717) is 13.2 Å². The number of para-hydroxylation sites is 2. The van der Waals surface area contributed by atoms with Crippen LogP contribution in [0.25, 0.3) is 6.08 Å². The molecule has 32 heavy (non-hydrogen) atoms. The minimum Gasteiger partial charge on any atom is -0.493 e. The fourth-order valence-corrected chi connectivity index (χ4v) is 4.22. The summed E-state index contributed by atoms with van der Waals surface area (Å²) < 4.78 is 7.60. The van der Waals surface area contributed by atoms with Crippen molar-refractivity contribution in [3.8, 4) is 11.5 Å². The van der Waals surface area contributed by atoms with Crippen LogP contribution in [0.15, 0.2) is 54.6 Å². The molecule has 2 aromatic carbocycles. The first-order valence-electron chi connectivity index (χ1n) is 9.32. The summed E-state index contributed by atoms with van der Waals surface area (Å²) in [5.74, 6) is 1.38. The second-order valence-corrected chi connectivity index (χ2v) is 11.0. The van der Waals surface area contributed by atoms with E-state index in [0.717, 1.165) is 17.1 Å². The number of rotatable bonds is 0. The number of ketones is 1. The molecule has 2 unspecified atom stereocenters. The maximum Gasteiger partial charge on any atom is 0.273 e. The van der Waals surface area contributed by atoms with Crippen LogP contribution >= 0.6 is 69.6 Å². The second kappa shape index (κ2) is 10.4. The van der Waals surface area contributed by atoms with Crippen LogP contribution < -0.4 is 9.47 Å². The summed E-state index contributed by atoms with van der Waals surface area (Å²) in [7, 11) is 0. The first kappa shape index (κ1) is 25.5. The zero-order chi connectivity index (χ0) is 23.5. The quantitative estimate of drug-likeness (QED) is 0.266. The van der Waals surface area contributed by atoms with Gasteiger partial charge in [0.25, 0.3) is 9.03 Å². The highest BCUT2D eigenvalue weighted by Gasteiger charge is 2.63. The SMILES string of the molecule is C1=Cc2ccccc2OC1.O=C(Cl)C(Cl)(Cl)Cl.O=C1C2COc3ccccc3C2C1(Cl)Cl. The fraction of sp³-hybridized carbons (Fsp3) is 0.273. The summed E-state index contributed by atoms with van der Waals surface area (Å²) in [6.07, 6.45) is 4.10. The van der Waals surface area contributed by atoms with Crippen molar-refractivity contribution in [3.63, 3.8) is 0 Å². The molecule has 1 fully saturated rings. The van der Waals surface area contributed by atoms with E-state index >= 15 is 0 Å². The molecule has 2 aliphatic heterocycles. The first-order chi connectivity index (χ1) is 15.0. The fourth-order valence-electron chi connectivity index (χ4n) is 3.40. The Morgan fingerprint density at radius 3 is 2.19 bits per heavy atom. The predicted molar refractivity (Wildman–Crippen MR) is 130 cm³/mol. The van der Waals surface area contributed by atoms with Crippen LogP contribution in [0.3, 0.4) is 0 Å². The highest BCUT2D eigenvalue weighted by atomic mass is 35.6. The highest BCUT2D eigenvalue weighted by Crippen LogP contribution is 2.58. The molecule has 2 aromatic rings. The van der Waals surface area contributed by atoms with Crippen molar-refractivity contribution in [2.45, 2.75) is 14.0 Å². The van der Waals surface area contributed by atoms with Crippen LogP contribution in [0.1, 0.15) is 17.0 Å². The summed E-state index contributed by atoms with van der Waals surface area (Å²) in [6, 6.07) is 15.6. The van der Waals surface area contributed by atoms with Crippen molar-refractivity contribution in [1.82, 2.24) is 0 Å². The van der Waals surface area contributed by atoms with Crippen molar-refractivity contribution < 1.29 is 19.1 Å². The number of fused-ring (bicyclic) bond motifs is 4. The number of alkyl halides is 5. The summed E-state index contributed by atoms with van der Waals surface area (Å²) >= 11 is 31.5. The van der Waals surface area contributed by atoms with Crippen molar-refractivity contribution >= 4 is 86.7 Å². The van der Waals surface area contributed by atoms with Crippen molar-refractivity contribution in [1.29, 1.82) is 0 Å². The van der Waals surface area contributed by atoms with E-state index in [4.69, 9.17) is 79.1 Å². The van der Waals surface area contributed by atoms with E-state index in [-0.39, 0.29) is 17.6 Å². The smallest absolute Gasteiger partial charge is 0.273 e. The Morgan fingerprint density at radius 2 is 1.56 bits per heavy atom. The molecule has 10 heteroatoms. The molecular weight excluding hydrogens is 541 g/mol. The lowest BCUT2D eigenvalue weighted by atomic mass is 9.67. The van der Waals surface area contributed by atoms with E-state index in [9.17, 15) is 9.59 Å². The molecule has 2 heterocycles. The summed E-state index contributed by atoms with van der Waals surface area (Å²) in [5, 5.41) is -0.988. The first-order valence-corrected chi connectivity index (χ1v) is 11.6. The van der Waals surface area contributed by atoms with Crippen LogP contribution in [-0.2, 0) is 9.59 Å². The number of Topliss-reactive ketones (excluding diaryl/α,β-unsaturated/α-hetero) is 1. The van der Waals surface area contributed by atoms with Crippen molar-refractivity contribution in [2.75, 3.05) is 13.2 Å². The Morgan fingerprint density at radius 1 is 0.969 bits per heavy atom. The molecule has 3 aliphatic rings. The molecule has 5 rings (SSSR count). The summed E-state index contributed by atoms with van der Waals surface area (Å²) in [6.45, 7) is 1.10. The predicted octanol–water partition coefficient (Wildman–Crippen LogP) is 6.75. The van der Waals surface area contributed by atoms with Gasteiger partial charge in [-0.15, -0.1) is 0 Å². The van der Waals surface area contributed by atoms with Gasteiger partial charge in [0.2, 0.25) is 0 Å². The maximum atomic E-state index is 11.6. The van der Waals surface area contributed by atoms with Crippen LogP contribution in [0.4, 0.5) is 0 Å². The number of carbonyl (C=O) groups is 2. The minimum atomic E-state index is -1.96. The molecule has 1 saturated carbocycles. The molecule has 0 aromatic heterocycles. The Bertz CT molecular complexity index is 1030. The molecule has 0 radical (unpaired) electrons. The molecule has 2 atom stereocenters. The lowest BCUT2D eigenvalue weighted by Crippen LogP contribution is -2.58. The molecule has 0 amide bonds. The summed E-state index contributed by atoms with van der Waals surface area (Å²) in [5.41, 5.74) is 2.12. The van der Waals surface area contributed by atoms with Crippen molar-refractivity contribution in [3.05, 3.63) is 65.7 Å². The topological polar surface area (TPSA) is 52.6 Å². The van der Waals surface area contributed by atoms with E-state index in [1.165, 1.54) is 5.56 Å². The van der Waals surface area contributed by atoms with Gasteiger partial charge in [0, 0.05) is 17.0 Å². The molecule has 0 N–H and O–H groups in total. The van der Waals surface area contributed by atoms with Crippen LogP contribution in [0.5, 0.6) is 11.5 Å². The van der Waals surface area contributed by atoms with Crippen molar-refractivity contribution in [2.24, 2.45) is 5.92 Å². The number of halogens is 6. The average molecular weight is 557 g/mol. The molecule has 170 valence electrons. The monoisotopic (exact) mass is 554 g/mol. The van der Waals surface area contributed by atoms with Crippen LogP contribution in [-0.4, -0.2) is 32.4 Å². The van der Waals surface area contributed by atoms with E-state index in [1.54, 1.807) is 0 Å². The normalized spacial score (nSPS) is 21.4. The molecule has 0 spiro atoms. The third-order valence-electron chi connectivity index (χ3n) is 4.91. The largest absolute Gasteiger partial charge is 0.493 e. The van der Waals surface area contributed by atoms with E-state index in [1.807, 2.05) is 54.6 Å². The Hall–Kier alpha value is -1.14. The third-order valence-corrected chi connectivity index (χ3v) is 6.84. The zero-order valence-corrected chi connectivity index (χ0v) is 20.8. The average Bonchev–Trinajstić information content (AvgIpc) is 2.78. The Kier molecular flexibility index (Phi) is 8.30. The number of ether oxygens (including phenoxy) is 2. The highest BCUT2D eigenvalue weighted by molar-refractivity contribution is 6.88. The van der Waals surface area contributed by atoms with Crippen LogP contribution in [0.2, 0.25) is 0 Å². The molecule has 1 aliphatic carbocycles. The van der Waals surface area contributed by atoms with Gasteiger partial charge in [-0.25, -0.2) is 0 Å². The van der Waals surface area contributed by atoms with Gasteiger partial charge in [0.15, 0.2) is 10.1 Å². The van der Waals surface area contributed by atoms with Gasteiger partial charge in [-0.2, -0.15) is 0 Å². The zero-order valence-electron chi connectivity index (χ0n) is 16.2. The molecule has 0 bridgehead atoms. The van der Waals surface area contributed by atoms with E-state index in [2.05, 4.69) is 6.08 Å². The number of carbonyl (C=O) groups excluding carboxylic acids is 2. The van der Waals surface area contributed by atoms with Gasteiger partial charge >= 0.3 is 0 Å². The summed E-state index contributed by atoms with van der Waals surface area (Å²) in [4.78, 5) is 21.4. The van der Waals surface area contributed by atoms with Gasteiger partial charge in [0.05, 0.1) is 12.5 Å². The van der Waals surface area contributed by atoms with Gasteiger partial charge in [-0.3, -0.25) is 9.59 Å². The van der Waals surface area contributed by atoms with Gasteiger partial charge in [0.1, 0.15) is 18.1 Å². The van der Waals surface area contributed by atoms with Gasteiger partial charge in [-0.05, 0) is 29.8 Å². The molecule has 0 saturated heterocycles. The number of hydrogen-bond acceptors (Lipinski definition) is 4. The van der Waals surface area contributed by atoms with Gasteiger partial charge < -0.3 is 9.47 Å². The lowest BCUT2D eigenvalue weighted by Gasteiger charge is -2.48. The number of benzene rings is 2. The van der Waals surface area contributed by atoms with Gasteiger partial charge in [-0.1, -0.05) is 100 Å². The standard InChI is InChI=1S/C11H8Cl2O2.C9H8O.C2Cl4O/c12-11(13)9-6-3-1-2-4-8(6)15-5-7(9)10(11)14;1-2-6-9-8(4-1)5-3-7-10-9;3-1(7)2(4,5)6/h1-4,7,9H,5H2;1-6H,7H2;. The molecule has 4 nitrogen and oxygen atoms in total. The lowest BCUT2D eigenvalue weighted by molar-refractivity contribution is -0.134. The van der Waals surface area contributed by atoms with E-state index < -0.39 is 13.4 Å². The third kappa shape index (κ3) is 5.67. The Labute approximate surface area is 215 Å². The minimum absolute atomic E-state index is 0.113.